The molecule has 5 heteroatoms. The van der Waals surface area contributed by atoms with Crippen LogP contribution in [0.3, 0.4) is 0 Å². The second kappa shape index (κ2) is 4.25. The van der Waals surface area contributed by atoms with Crippen LogP contribution in [0, 0.1) is 0 Å². The fourth-order valence-corrected chi connectivity index (χ4v) is 2.03. The lowest BCUT2D eigenvalue weighted by Gasteiger charge is -2.16. The maximum absolute atomic E-state index is 12.0. The summed E-state index contributed by atoms with van der Waals surface area (Å²) in [5.41, 5.74) is 0.553. The molecule has 0 aliphatic heterocycles. The van der Waals surface area contributed by atoms with Gasteiger partial charge >= 0.3 is 5.97 Å². The molecule has 0 spiro atoms. The maximum Gasteiger partial charge on any atom is 0.308 e. The molecule has 2 rings (SSSR count). The summed E-state index contributed by atoms with van der Waals surface area (Å²) in [6.07, 6.45) is 0. The van der Waals surface area contributed by atoms with Gasteiger partial charge in [0.1, 0.15) is 4.48 Å². The Bertz CT molecular complexity index is 572. The fourth-order valence-electron chi connectivity index (χ4n) is 1.56. The molecule has 4 nitrogen and oxygen atoms in total. The van der Waals surface area contributed by atoms with Crippen molar-refractivity contribution in [2.75, 3.05) is 0 Å². The summed E-state index contributed by atoms with van der Waals surface area (Å²) in [5.74, 6) is -1.72. The third-order valence-electron chi connectivity index (χ3n) is 2.27. The van der Waals surface area contributed by atoms with Crippen molar-refractivity contribution in [3.05, 3.63) is 45.6 Å². The monoisotopic (exact) mass is 294 g/mol. The predicted octanol–water partition coefficient (Wildman–Crippen LogP) is 2.24. The first kappa shape index (κ1) is 11.7. The highest BCUT2D eigenvalue weighted by atomic mass is 79.9. The summed E-state index contributed by atoms with van der Waals surface area (Å²) < 4.78 is 4.75. The molecule has 1 aliphatic rings. The lowest BCUT2D eigenvalue weighted by molar-refractivity contribution is -0.136. The first-order valence-electron chi connectivity index (χ1n) is 4.79. The smallest absolute Gasteiger partial charge is 0.308 e. The summed E-state index contributed by atoms with van der Waals surface area (Å²) in [6, 6.07) is 6.40. The molecule has 0 fully saturated rings. The molecule has 0 unspecified atom stereocenters. The molecule has 0 aromatic heterocycles. The number of carbonyl (C=O) groups excluding carboxylic acids is 3. The van der Waals surface area contributed by atoms with Crippen molar-refractivity contribution in [3.63, 3.8) is 0 Å². The Labute approximate surface area is 105 Å². The number of carbonyl (C=O) groups is 3. The molecule has 0 atom stereocenters. The number of benzene rings is 1. The number of hydrogen-bond donors (Lipinski definition) is 0. The van der Waals surface area contributed by atoms with Gasteiger partial charge in [0.05, 0.1) is 0 Å². The van der Waals surface area contributed by atoms with Gasteiger partial charge in [-0.15, -0.1) is 0 Å². The molecule has 86 valence electrons. The highest BCUT2D eigenvalue weighted by Crippen LogP contribution is 2.30. The SMILES string of the molecule is CC(=O)OC1=C(Br)C(=O)c2ccccc2C1=O. The van der Waals surface area contributed by atoms with Crippen molar-refractivity contribution in [1.82, 2.24) is 0 Å². The standard InChI is InChI=1S/C12H7BrO4/c1-6(14)17-12-9(13)10(15)7-4-2-3-5-8(7)11(12)16/h2-5H,1H3. The van der Waals surface area contributed by atoms with E-state index in [4.69, 9.17) is 4.74 Å². The first-order valence-corrected chi connectivity index (χ1v) is 5.58. The van der Waals surface area contributed by atoms with Crippen LogP contribution in [-0.2, 0) is 9.53 Å². The quantitative estimate of drug-likeness (QED) is 0.745. The third-order valence-corrected chi connectivity index (χ3v) is 2.99. The molecule has 0 amide bonds. The van der Waals surface area contributed by atoms with Crippen molar-refractivity contribution in [2.24, 2.45) is 0 Å². The number of esters is 1. The average Bonchev–Trinajstić information content (AvgIpc) is 2.31. The number of rotatable bonds is 1. The Kier molecular flexibility index (Phi) is 2.93. The Balaban J connectivity index is 2.58. The van der Waals surface area contributed by atoms with E-state index in [-0.39, 0.29) is 21.6 Å². The molecule has 0 heterocycles. The van der Waals surface area contributed by atoms with Crippen LogP contribution in [0.2, 0.25) is 0 Å². The van der Waals surface area contributed by atoms with E-state index in [0.717, 1.165) is 0 Å². The van der Waals surface area contributed by atoms with Crippen molar-refractivity contribution in [1.29, 1.82) is 0 Å². The molecule has 1 aromatic carbocycles. The van der Waals surface area contributed by atoms with E-state index in [1.54, 1.807) is 18.2 Å². The maximum atomic E-state index is 12.0. The van der Waals surface area contributed by atoms with E-state index in [1.807, 2.05) is 0 Å². The molecular formula is C12H7BrO4. The van der Waals surface area contributed by atoms with Crippen LogP contribution in [0.4, 0.5) is 0 Å². The zero-order chi connectivity index (χ0) is 12.6. The Morgan fingerprint density at radius 1 is 1.12 bits per heavy atom. The molecule has 17 heavy (non-hydrogen) atoms. The highest BCUT2D eigenvalue weighted by molar-refractivity contribution is 9.12. The van der Waals surface area contributed by atoms with E-state index in [9.17, 15) is 14.4 Å². The van der Waals surface area contributed by atoms with Crippen LogP contribution in [0.1, 0.15) is 27.6 Å². The van der Waals surface area contributed by atoms with Crippen molar-refractivity contribution in [2.45, 2.75) is 6.92 Å². The van der Waals surface area contributed by atoms with Gasteiger partial charge in [0.15, 0.2) is 5.76 Å². The number of hydrogen-bond acceptors (Lipinski definition) is 4. The molecule has 0 radical (unpaired) electrons. The van der Waals surface area contributed by atoms with Crippen LogP contribution in [-0.4, -0.2) is 17.5 Å². The van der Waals surface area contributed by atoms with E-state index < -0.39 is 11.8 Å². The van der Waals surface area contributed by atoms with Crippen LogP contribution in [0.15, 0.2) is 34.5 Å². The minimum atomic E-state index is -0.641. The van der Waals surface area contributed by atoms with Gasteiger partial charge in [-0.25, -0.2) is 0 Å². The minimum Gasteiger partial charge on any atom is -0.421 e. The number of ether oxygens (including phenoxy) is 1. The van der Waals surface area contributed by atoms with E-state index >= 15 is 0 Å². The first-order chi connectivity index (χ1) is 8.02. The third kappa shape index (κ3) is 1.93. The normalized spacial score (nSPS) is 14.7. The van der Waals surface area contributed by atoms with Gasteiger partial charge in [-0.2, -0.15) is 0 Å². The highest BCUT2D eigenvalue weighted by Gasteiger charge is 2.32. The van der Waals surface area contributed by atoms with Gasteiger partial charge < -0.3 is 4.74 Å². The zero-order valence-electron chi connectivity index (χ0n) is 8.82. The zero-order valence-corrected chi connectivity index (χ0v) is 10.4. The van der Waals surface area contributed by atoms with Gasteiger partial charge in [0, 0.05) is 18.1 Å². The summed E-state index contributed by atoms with van der Waals surface area (Å²) in [4.78, 5) is 34.8. The minimum absolute atomic E-state index is 0.0172. The van der Waals surface area contributed by atoms with Gasteiger partial charge in [-0.3, -0.25) is 14.4 Å². The number of halogens is 1. The van der Waals surface area contributed by atoms with Crippen molar-refractivity contribution < 1.29 is 19.1 Å². The van der Waals surface area contributed by atoms with E-state index in [0.29, 0.717) is 5.56 Å². The molecule has 0 bridgehead atoms. The molecule has 0 N–H and O–H groups in total. The second-order valence-corrected chi connectivity index (χ2v) is 4.23. The van der Waals surface area contributed by atoms with Crippen molar-refractivity contribution in [3.8, 4) is 0 Å². The largest absolute Gasteiger partial charge is 0.421 e. The average molecular weight is 295 g/mol. The summed E-state index contributed by atoms with van der Waals surface area (Å²) in [5, 5.41) is 0. The number of allylic oxidation sites excluding steroid dienone is 2. The van der Waals surface area contributed by atoms with Crippen LogP contribution >= 0.6 is 15.9 Å². The lowest BCUT2D eigenvalue weighted by atomic mass is 9.94. The topological polar surface area (TPSA) is 60.4 Å². The van der Waals surface area contributed by atoms with Crippen LogP contribution < -0.4 is 0 Å². The van der Waals surface area contributed by atoms with Gasteiger partial charge in [-0.05, 0) is 15.9 Å². The van der Waals surface area contributed by atoms with Gasteiger partial charge in [-0.1, -0.05) is 24.3 Å². The number of Topliss-reactive ketones (excluding diaryl/α,β-unsaturated/α-hetero) is 2. The van der Waals surface area contributed by atoms with Gasteiger partial charge in [0.25, 0.3) is 0 Å². The van der Waals surface area contributed by atoms with E-state index in [1.165, 1.54) is 13.0 Å². The molecule has 0 saturated carbocycles. The van der Waals surface area contributed by atoms with Crippen molar-refractivity contribution >= 4 is 33.5 Å². The molecular weight excluding hydrogens is 288 g/mol. The summed E-state index contributed by atoms with van der Waals surface area (Å²) in [7, 11) is 0. The Hall–Kier alpha value is -1.75. The fraction of sp³-hybridized carbons (Fsp3) is 0.0833. The summed E-state index contributed by atoms with van der Waals surface area (Å²) >= 11 is 2.99. The Morgan fingerprint density at radius 3 is 2.18 bits per heavy atom. The molecule has 0 saturated heterocycles. The van der Waals surface area contributed by atoms with Crippen LogP contribution in [0.25, 0.3) is 0 Å². The number of fused-ring (bicyclic) bond motifs is 1. The van der Waals surface area contributed by atoms with Gasteiger partial charge in [0.2, 0.25) is 11.6 Å². The predicted molar refractivity (Wildman–Crippen MR) is 62.8 cm³/mol. The second-order valence-electron chi connectivity index (χ2n) is 3.44. The summed E-state index contributed by atoms with van der Waals surface area (Å²) in [6.45, 7) is 1.17. The molecule has 1 aromatic rings. The number of ketones is 2. The lowest BCUT2D eigenvalue weighted by Crippen LogP contribution is -2.22. The Morgan fingerprint density at radius 2 is 1.65 bits per heavy atom. The molecule has 1 aliphatic carbocycles. The van der Waals surface area contributed by atoms with E-state index in [2.05, 4.69) is 15.9 Å². The van der Waals surface area contributed by atoms with Crippen LogP contribution in [0.5, 0.6) is 0 Å².